The highest BCUT2D eigenvalue weighted by atomic mass is 16.5. The molecule has 3 nitrogen and oxygen atoms in total. The van der Waals surface area contributed by atoms with E-state index < -0.39 is 0 Å². The minimum Gasteiger partial charge on any atom is -0.381 e. The highest BCUT2D eigenvalue weighted by molar-refractivity contribution is 5.60. The SMILES string of the molecule is COC1CC[C@@]2(C)C(=CC(C=O)[C@@H]3[C@H]2CC[C@]2(C)C(C=O)CC[C@@H]32)C1. The molecule has 0 heterocycles. The van der Waals surface area contributed by atoms with E-state index in [1.54, 1.807) is 7.11 Å². The summed E-state index contributed by atoms with van der Waals surface area (Å²) >= 11 is 0. The number of ether oxygens (including phenoxy) is 1. The standard InChI is InChI=1S/C22H32O3/c1-21-9-7-19-20(18(21)5-4-15(21)13-24)14(12-23)10-16-11-17(25-3)6-8-22(16,19)2/h10,12-15,17-20H,4-9,11H2,1-3H3/t14?,15?,17?,18-,19+,20-,21+,22-/m0/s1. The van der Waals surface area contributed by atoms with Crippen LogP contribution in [0.3, 0.4) is 0 Å². The van der Waals surface area contributed by atoms with Gasteiger partial charge in [0.15, 0.2) is 0 Å². The summed E-state index contributed by atoms with van der Waals surface area (Å²) in [5.41, 5.74) is 1.80. The van der Waals surface area contributed by atoms with Gasteiger partial charge in [0.25, 0.3) is 0 Å². The number of carbonyl (C=O) groups is 2. The van der Waals surface area contributed by atoms with E-state index in [9.17, 15) is 9.59 Å². The van der Waals surface area contributed by atoms with Crippen LogP contribution in [0.2, 0.25) is 0 Å². The van der Waals surface area contributed by atoms with Crippen molar-refractivity contribution < 1.29 is 14.3 Å². The van der Waals surface area contributed by atoms with Crippen LogP contribution in [0.25, 0.3) is 0 Å². The van der Waals surface area contributed by atoms with Gasteiger partial charge in [-0.25, -0.2) is 0 Å². The van der Waals surface area contributed by atoms with Crippen LogP contribution in [0, 0.1) is 40.4 Å². The maximum atomic E-state index is 12.0. The van der Waals surface area contributed by atoms with Gasteiger partial charge in [-0.05, 0) is 73.5 Å². The van der Waals surface area contributed by atoms with Gasteiger partial charge in [0.2, 0.25) is 0 Å². The van der Waals surface area contributed by atoms with Crippen molar-refractivity contribution in [2.24, 2.45) is 40.4 Å². The van der Waals surface area contributed by atoms with Gasteiger partial charge in [-0.3, -0.25) is 0 Å². The fourth-order valence-corrected chi connectivity index (χ4v) is 7.30. The monoisotopic (exact) mass is 344 g/mol. The minimum absolute atomic E-state index is 0.0266. The molecule has 0 radical (unpaired) electrons. The molecule has 3 saturated carbocycles. The zero-order valence-corrected chi connectivity index (χ0v) is 15.9. The first-order chi connectivity index (χ1) is 12.0. The summed E-state index contributed by atoms with van der Waals surface area (Å²) in [6.07, 6.45) is 12.7. The Bertz CT molecular complexity index is 596. The predicted octanol–water partition coefficient (Wildman–Crippen LogP) is 4.20. The summed E-state index contributed by atoms with van der Waals surface area (Å²) in [5.74, 6) is 1.75. The van der Waals surface area contributed by atoms with Gasteiger partial charge in [-0.2, -0.15) is 0 Å². The number of fused-ring (bicyclic) bond motifs is 5. The molecule has 3 unspecified atom stereocenters. The second kappa shape index (κ2) is 6.04. The molecule has 0 saturated heterocycles. The summed E-state index contributed by atoms with van der Waals surface area (Å²) in [6, 6.07) is 0. The van der Waals surface area contributed by atoms with Crippen LogP contribution in [0.4, 0.5) is 0 Å². The average Bonchev–Trinajstić information content (AvgIpc) is 2.96. The first-order valence-electron chi connectivity index (χ1n) is 10.1. The molecule has 0 bridgehead atoms. The van der Waals surface area contributed by atoms with Crippen LogP contribution in [-0.2, 0) is 14.3 Å². The number of carbonyl (C=O) groups excluding carboxylic acids is 2. The maximum Gasteiger partial charge on any atom is 0.127 e. The van der Waals surface area contributed by atoms with Crippen molar-refractivity contribution in [3.8, 4) is 0 Å². The summed E-state index contributed by atoms with van der Waals surface area (Å²) in [7, 11) is 1.81. The van der Waals surface area contributed by atoms with Crippen molar-refractivity contribution >= 4 is 12.6 Å². The lowest BCUT2D eigenvalue weighted by atomic mass is 9.45. The molecule has 0 spiro atoms. The molecule has 3 heteroatoms. The summed E-state index contributed by atoms with van der Waals surface area (Å²) in [5, 5.41) is 0. The van der Waals surface area contributed by atoms with Crippen LogP contribution < -0.4 is 0 Å². The quantitative estimate of drug-likeness (QED) is 0.569. The van der Waals surface area contributed by atoms with Gasteiger partial charge in [-0.1, -0.05) is 25.5 Å². The second-order valence-electron chi connectivity index (χ2n) is 9.58. The van der Waals surface area contributed by atoms with Crippen LogP contribution in [0.5, 0.6) is 0 Å². The Labute approximate surface area is 151 Å². The summed E-state index contributed by atoms with van der Waals surface area (Å²) in [4.78, 5) is 23.7. The van der Waals surface area contributed by atoms with E-state index in [1.165, 1.54) is 24.6 Å². The van der Waals surface area contributed by atoms with Crippen LogP contribution in [0.1, 0.15) is 58.8 Å². The van der Waals surface area contributed by atoms with E-state index in [4.69, 9.17) is 4.74 Å². The normalized spacial score (nSPS) is 51.7. The topological polar surface area (TPSA) is 43.4 Å². The smallest absolute Gasteiger partial charge is 0.127 e. The third kappa shape index (κ3) is 2.34. The number of aldehydes is 2. The van der Waals surface area contributed by atoms with E-state index >= 15 is 0 Å². The Morgan fingerprint density at radius 3 is 2.52 bits per heavy atom. The van der Waals surface area contributed by atoms with Gasteiger partial charge in [0, 0.05) is 18.9 Å². The Hall–Kier alpha value is -0.960. The van der Waals surface area contributed by atoms with E-state index in [2.05, 4.69) is 19.9 Å². The summed E-state index contributed by atoms with van der Waals surface area (Å²) < 4.78 is 5.64. The predicted molar refractivity (Wildman–Crippen MR) is 97.0 cm³/mol. The highest BCUT2D eigenvalue weighted by Crippen LogP contribution is 2.66. The fraction of sp³-hybridized carbons (Fsp3) is 0.818. The zero-order valence-electron chi connectivity index (χ0n) is 15.9. The molecule has 0 aromatic rings. The van der Waals surface area contributed by atoms with Crippen molar-refractivity contribution in [2.45, 2.75) is 64.9 Å². The van der Waals surface area contributed by atoms with Crippen molar-refractivity contribution in [1.29, 1.82) is 0 Å². The Morgan fingerprint density at radius 2 is 1.84 bits per heavy atom. The lowest BCUT2D eigenvalue weighted by molar-refractivity contribution is -0.124. The van der Waals surface area contributed by atoms with Crippen molar-refractivity contribution in [3.63, 3.8) is 0 Å². The Kier molecular flexibility index (Phi) is 4.22. The van der Waals surface area contributed by atoms with Crippen LogP contribution in [0.15, 0.2) is 11.6 Å². The molecule has 8 atom stereocenters. The van der Waals surface area contributed by atoms with Crippen molar-refractivity contribution in [3.05, 3.63) is 11.6 Å². The molecular weight excluding hydrogens is 312 g/mol. The van der Waals surface area contributed by atoms with Crippen molar-refractivity contribution in [2.75, 3.05) is 7.11 Å². The molecule has 0 amide bonds. The number of methoxy groups -OCH3 is 1. The minimum atomic E-state index is 0.0266. The molecule has 0 aliphatic heterocycles. The molecule has 3 fully saturated rings. The molecule has 4 aliphatic rings. The van der Waals surface area contributed by atoms with Gasteiger partial charge >= 0.3 is 0 Å². The molecule has 4 aliphatic carbocycles. The van der Waals surface area contributed by atoms with Gasteiger partial charge in [0.05, 0.1) is 6.10 Å². The number of rotatable bonds is 3. The van der Waals surface area contributed by atoms with E-state index in [-0.39, 0.29) is 22.7 Å². The van der Waals surface area contributed by atoms with Gasteiger partial charge in [0.1, 0.15) is 12.6 Å². The highest BCUT2D eigenvalue weighted by Gasteiger charge is 2.60. The molecule has 138 valence electrons. The van der Waals surface area contributed by atoms with E-state index in [0.29, 0.717) is 23.9 Å². The number of hydrogen-bond donors (Lipinski definition) is 0. The largest absolute Gasteiger partial charge is 0.381 e. The van der Waals surface area contributed by atoms with Crippen molar-refractivity contribution in [1.82, 2.24) is 0 Å². The Balaban J connectivity index is 1.73. The molecule has 0 N–H and O–H groups in total. The molecule has 0 aromatic carbocycles. The average molecular weight is 344 g/mol. The van der Waals surface area contributed by atoms with E-state index in [0.717, 1.165) is 38.5 Å². The second-order valence-corrected chi connectivity index (χ2v) is 9.58. The molecular formula is C22H32O3. The maximum absolute atomic E-state index is 12.0. The van der Waals surface area contributed by atoms with E-state index in [1.807, 2.05) is 0 Å². The summed E-state index contributed by atoms with van der Waals surface area (Å²) in [6.45, 7) is 4.77. The molecule has 25 heavy (non-hydrogen) atoms. The third-order valence-electron chi connectivity index (χ3n) is 8.88. The molecule has 0 aromatic heterocycles. The van der Waals surface area contributed by atoms with Gasteiger partial charge < -0.3 is 14.3 Å². The van der Waals surface area contributed by atoms with Crippen LogP contribution in [-0.4, -0.2) is 25.8 Å². The first kappa shape index (κ1) is 17.5. The number of hydrogen-bond acceptors (Lipinski definition) is 3. The Morgan fingerprint density at radius 1 is 1.04 bits per heavy atom. The number of allylic oxidation sites excluding steroid dienone is 1. The van der Waals surface area contributed by atoms with Crippen LogP contribution >= 0.6 is 0 Å². The lowest BCUT2D eigenvalue weighted by Gasteiger charge is -2.59. The third-order valence-corrected chi connectivity index (χ3v) is 8.88. The fourth-order valence-electron chi connectivity index (χ4n) is 7.30. The van der Waals surface area contributed by atoms with Gasteiger partial charge in [-0.15, -0.1) is 0 Å². The lowest BCUT2D eigenvalue weighted by Crippen LogP contribution is -2.53. The molecule has 4 rings (SSSR count). The first-order valence-corrected chi connectivity index (χ1v) is 10.1. The zero-order chi connectivity index (χ0) is 17.8.